The van der Waals surface area contributed by atoms with E-state index >= 15 is 0 Å². The zero-order valence-electron chi connectivity index (χ0n) is 14.8. The lowest BCUT2D eigenvalue weighted by Crippen LogP contribution is -1.93. The van der Waals surface area contributed by atoms with Crippen molar-refractivity contribution < 1.29 is 4.74 Å². The standard InChI is InChI=1S/C20H21N3OS/c1-13-8-14(2)19(15(3)9-13)18-12-25-20(22-18)23-21-11-16-6-5-7-17(10-16)24-4/h5-12H,1-4H3,(H,22,23)/b21-11-. The number of aromatic nitrogens is 1. The number of hydrogen-bond donors (Lipinski definition) is 1. The third-order valence-corrected chi connectivity index (χ3v) is 4.65. The smallest absolute Gasteiger partial charge is 0.203 e. The minimum absolute atomic E-state index is 0.772. The number of ether oxygens (including phenoxy) is 1. The summed E-state index contributed by atoms with van der Waals surface area (Å²) in [7, 11) is 1.65. The van der Waals surface area contributed by atoms with Crippen LogP contribution in [0, 0.1) is 20.8 Å². The van der Waals surface area contributed by atoms with Gasteiger partial charge in [-0.2, -0.15) is 5.10 Å². The van der Waals surface area contributed by atoms with Crippen molar-refractivity contribution in [3.8, 4) is 17.0 Å². The Morgan fingerprint density at radius 2 is 1.88 bits per heavy atom. The van der Waals surface area contributed by atoms with E-state index in [9.17, 15) is 0 Å². The van der Waals surface area contributed by atoms with E-state index in [1.807, 2.05) is 24.3 Å². The molecule has 0 amide bonds. The molecule has 0 saturated carbocycles. The van der Waals surface area contributed by atoms with E-state index < -0.39 is 0 Å². The van der Waals surface area contributed by atoms with Crippen molar-refractivity contribution in [2.24, 2.45) is 5.10 Å². The van der Waals surface area contributed by atoms with Gasteiger partial charge in [0.25, 0.3) is 0 Å². The van der Waals surface area contributed by atoms with Crippen LogP contribution in [0.5, 0.6) is 5.75 Å². The van der Waals surface area contributed by atoms with Crippen molar-refractivity contribution in [1.82, 2.24) is 4.98 Å². The van der Waals surface area contributed by atoms with Gasteiger partial charge >= 0.3 is 0 Å². The van der Waals surface area contributed by atoms with Crippen LogP contribution in [0.15, 0.2) is 46.9 Å². The average Bonchev–Trinajstić information content (AvgIpc) is 3.02. The van der Waals surface area contributed by atoms with Crippen molar-refractivity contribution in [1.29, 1.82) is 0 Å². The summed E-state index contributed by atoms with van der Waals surface area (Å²) in [4.78, 5) is 4.67. The molecule has 0 radical (unpaired) electrons. The van der Waals surface area contributed by atoms with E-state index in [1.165, 1.54) is 22.3 Å². The second-order valence-corrected chi connectivity index (χ2v) is 6.82. The van der Waals surface area contributed by atoms with Gasteiger partial charge in [0.05, 0.1) is 19.0 Å². The second kappa shape index (κ2) is 7.49. The highest BCUT2D eigenvalue weighted by atomic mass is 32.1. The van der Waals surface area contributed by atoms with Crippen LogP contribution in [0.1, 0.15) is 22.3 Å². The maximum Gasteiger partial charge on any atom is 0.203 e. The highest BCUT2D eigenvalue weighted by Gasteiger charge is 2.10. The van der Waals surface area contributed by atoms with Crippen LogP contribution in [-0.2, 0) is 0 Å². The quantitative estimate of drug-likeness (QED) is 0.508. The largest absolute Gasteiger partial charge is 0.497 e. The van der Waals surface area contributed by atoms with E-state index in [0.717, 1.165) is 22.1 Å². The molecule has 0 aliphatic rings. The molecule has 0 fully saturated rings. The lowest BCUT2D eigenvalue weighted by Gasteiger charge is -2.08. The molecule has 25 heavy (non-hydrogen) atoms. The second-order valence-electron chi connectivity index (χ2n) is 5.96. The normalized spacial score (nSPS) is 11.0. The summed E-state index contributed by atoms with van der Waals surface area (Å²) in [5.74, 6) is 0.811. The molecule has 0 aliphatic carbocycles. The zero-order valence-corrected chi connectivity index (χ0v) is 15.6. The average molecular weight is 351 g/mol. The lowest BCUT2D eigenvalue weighted by molar-refractivity contribution is 0.415. The van der Waals surface area contributed by atoms with Crippen LogP contribution in [0.3, 0.4) is 0 Å². The van der Waals surface area contributed by atoms with Gasteiger partial charge in [-0.05, 0) is 49.6 Å². The Labute approximate surface area is 152 Å². The van der Waals surface area contributed by atoms with E-state index in [4.69, 9.17) is 4.74 Å². The first-order valence-corrected chi connectivity index (χ1v) is 8.91. The molecule has 1 aromatic heterocycles. The number of nitrogens with zero attached hydrogens (tertiary/aromatic N) is 2. The summed E-state index contributed by atoms with van der Waals surface area (Å²) in [5.41, 5.74) is 9.92. The number of rotatable bonds is 5. The van der Waals surface area contributed by atoms with Gasteiger partial charge in [-0.15, -0.1) is 11.3 Å². The SMILES string of the molecule is COc1cccc(/C=N\Nc2nc(-c3c(C)cc(C)cc3C)cs2)c1. The summed E-state index contributed by atoms with van der Waals surface area (Å²) in [6.45, 7) is 6.37. The molecule has 5 heteroatoms. The molecule has 0 aliphatic heterocycles. The first-order valence-electron chi connectivity index (χ1n) is 8.03. The number of benzene rings is 2. The molecule has 128 valence electrons. The predicted molar refractivity (Wildman–Crippen MR) is 106 cm³/mol. The topological polar surface area (TPSA) is 46.5 Å². The molecule has 3 aromatic rings. The molecule has 0 saturated heterocycles. The molecular formula is C20H21N3OS. The summed E-state index contributed by atoms with van der Waals surface area (Å²) in [5, 5.41) is 7.11. The Morgan fingerprint density at radius 1 is 1.12 bits per heavy atom. The molecule has 0 unspecified atom stereocenters. The zero-order chi connectivity index (χ0) is 17.8. The number of nitrogens with one attached hydrogen (secondary N) is 1. The predicted octanol–water partition coefficient (Wildman–Crippen LogP) is 5.19. The van der Waals surface area contributed by atoms with Crippen molar-refractivity contribution in [3.63, 3.8) is 0 Å². The minimum atomic E-state index is 0.772. The van der Waals surface area contributed by atoms with Gasteiger partial charge in [0, 0.05) is 10.9 Å². The van der Waals surface area contributed by atoms with Gasteiger partial charge in [-0.1, -0.05) is 29.8 Å². The first kappa shape index (κ1) is 17.2. The Morgan fingerprint density at radius 3 is 2.60 bits per heavy atom. The monoisotopic (exact) mass is 351 g/mol. The number of anilines is 1. The van der Waals surface area contributed by atoms with E-state index in [0.29, 0.717) is 0 Å². The number of hydrazone groups is 1. The fourth-order valence-electron chi connectivity index (χ4n) is 2.91. The maximum atomic E-state index is 5.21. The van der Waals surface area contributed by atoms with Crippen LogP contribution in [0.2, 0.25) is 0 Å². The Balaban J connectivity index is 1.75. The Bertz CT molecular complexity index is 892. The van der Waals surface area contributed by atoms with Crippen LogP contribution in [0.4, 0.5) is 5.13 Å². The van der Waals surface area contributed by atoms with Gasteiger partial charge in [-0.3, -0.25) is 5.43 Å². The van der Waals surface area contributed by atoms with Crippen LogP contribution < -0.4 is 10.2 Å². The molecule has 2 aromatic carbocycles. The molecule has 0 bridgehead atoms. The summed E-state index contributed by atoms with van der Waals surface area (Å²) < 4.78 is 5.21. The van der Waals surface area contributed by atoms with Crippen LogP contribution in [0.25, 0.3) is 11.3 Å². The number of thiazole rings is 1. The van der Waals surface area contributed by atoms with Crippen molar-refractivity contribution in [2.75, 3.05) is 12.5 Å². The highest BCUT2D eigenvalue weighted by Crippen LogP contribution is 2.31. The maximum absolute atomic E-state index is 5.21. The van der Waals surface area contributed by atoms with Crippen molar-refractivity contribution >= 4 is 22.7 Å². The Kier molecular flexibility index (Phi) is 5.14. The molecule has 3 rings (SSSR count). The van der Waals surface area contributed by atoms with E-state index in [-0.39, 0.29) is 0 Å². The van der Waals surface area contributed by atoms with Crippen molar-refractivity contribution in [3.05, 3.63) is 64.0 Å². The third-order valence-electron chi connectivity index (χ3n) is 3.90. The van der Waals surface area contributed by atoms with Crippen LogP contribution >= 0.6 is 11.3 Å². The van der Waals surface area contributed by atoms with Gasteiger partial charge in [-0.25, -0.2) is 4.98 Å². The molecule has 1 heterocycles. The minimum Gasteiger partial charge on any atom is -0.497 e. The van der Waals surface area contributed by atoms with Gasteiger partial charge in [0.2, 0.25) is 5.13 Å². The Hall–Kier alpha value is -2.66. The number of hydrogen-bond acceptors (Lipinski definition) is 5. The summed E-state index contributed by atoms with van der Waals surface area (Å²) in [6, 6.07) is 12.1. The fourth-order valence-corrected chi connectivity index (χ4v) is 3.56. The highest BCUT2D eigenvalue weighted by molar-refractivity contribution is 7.14. The number of methoxy groups -OCH3 is 1. The summed E-state index contributed by atoms with van der Waals surface area (Å²) >= 11 is 1.55. The third kappa shape index (κ3) is 4.06. The molecule has 1 N–H and O–H groups in total. The molecule has 4 nitrogen and oxygen atoms in total. The lowest BCUT2D eigenvalue weighted by atomic mass is 9.98. The molecule has 0 atom stereocenters. The number of aryl methyl sites for hydroxylation is 3. The van der Waals surface area contributed by atoms with E-state index in [1.54, 1.807) is 24.7 Å². The fraction of sp³-hybridized carbons (Fsp3) is 0.200. The van der Waals surface area contributed by atoms with Gasteiger partial charge < -0.3 is 4.74 Å². The van der Waals surface area contributed by atoms with Crippen molar-refractivity contribution in [2.45, 2.75) is 20.8 Å². The summed E-state index contributed by atoms with van der Waals surface area (Å²) in [6.07, 6.45) is 1.76. The van der Waals surface area contributed by atoms with E-state index in [2.05, 4.69) is 53.8 Å². The van der Waals surface area contributed by atoms with Gasteiger partial charge in [0.1, 0.15) is 5.75 Å². The van der Waals surface area contributed by atoms with Crippen LogP contribution in [-0.4, -0.2) is 18.3 Å². The molecule has 0 spiro atoms. The van der Waals surface area contributed by atoms with Gasteiger partial charge in [0.15, 0.2) is 0 Å². The molecular weight excluding hydrogens is 330 g/mol. The first-order chi connectivity index (χ1) is 12.1.